The molecule has 8 heteroatoms. The van der Waals surface area contributed by atoms with E-state index >= 15 is 0 Å². The zero-order valence-corrected chi connectivity index (χ0v) is 15.4. The van der Waals surface area contributed by atoms with Gasteiger partial charge in [-0.3, -0.25) is 9.71 Å². The Morgan fingerprint density at radius 3 is 2.50 bits per heavy atom. The van der Waals surface area contributed by atoms with Gasteiger partial charge in [0.15, 0.2) is 0 Å². The standard InChI is InChI=1S/C18H22N4O3S/c1-2-3-10-26(24,25)21-17-6-4-16(5-7-17)20-18(23)22-12-14-8-9-19-11-15(14)13-22/h4-9,11,21H,2-3,10,12-13H2,1H3,(H,20,23). The minimum atomic E-state index is -3.33. The van der Waals surface area contributed by atoms with E-state index in [2.05, 4.69) is 15.0 Å². The Hall–Kier alpha value is -2.61. The number of hydrogen-bond donors (Lipinski definition) is 2. The fraction of sp³-hybridized carbons (Fsp3) is 0.333. The number of carbonyl (C=O) groups is 1. The van der Waals surface area contributed by atoms with Crippen LogP contribution in [0.2, 0.25) is 0 Å². The topological polar surface area (TPSA) is 91.4 Å². The summed E-state index contributed by atoms with van der Waals surface area (Å²) in [5.41, 5.74) is 3.26. The van der Waals surface area contributed by atoms with Crippen molar-refractivity contribution in [2.75, 3.05) is 15.8 Å². The van der Waals surface area contributed by atoms with Crippen LogP contribution in [0.4, 0.5) is 16.2 Å². The lowest BCUT2D eigenvalue weighted by atomic mass is 10.2. The Morgan fingerprint density at radius 2 is 1.81 bits per heavy atom. The number of rotatable bonds is 6. The van der Waals surface area contributed by atoms with Crippen molar-refractivity contribution in [3.63, 3.8) is 0 Å². The van der Waals surface area contributed by atoms with E-state index in [9.17, 15) is 13.2 Å². The third kappa shape index (κ3) is 4.51. The summed E-state index contributed by atoms with van der Waals surface area (Å²) in [5, 5.41) is 2.83. The second kappa shape index (κ2) is 7.74. The van der Waals surface area contributed by atoms with Gasteiger partial charge >= 0.3 is 6.03 Å². The second-order valence-electron chi connectivity index (χ2n) is 6.28. The highest BCUT2D eigenvalue weighted by molar-refractivity contribution is 7.92. The number of urea groups is 1. The fourth-order valence-corrected chi connectivity index (χ4v) is 4.02. The van der Waals surface area contributed by atoms with Crippen molar-refractivity contribution in [1.29, 1.82) is 0 Å². The monoisotopic (exact) mass is 374 g/mol. The summed E-state index contributed by atoms with van der Waals surface area (Å²) in [5.74, 6) is 0.104. The van der Waals surface area contributed by atoms with Gasteiger partial charge < -0.3 is 10.2 Å². The Morgan fingerprint density at radius 1 is 1.12 bits per heavy atom. The number of sulfonamides is 1. The van der Waals surface area contributed by atoms with Gasteiger partial charge in [-0.05, 0) is 47.9 Å². The highest BCUT2D eigenvalue weighted by Crippen LogP contribution is 2.22. The average Bonchev–Trinajstić information content (AvgIpc) is 3.06. The molecule has 1 aromatic carbocycles. The quantitative estimate of drug-likeness (QED) is 0.812. The first-order chi connectivity index (χ1) is 12.5. The van der Waals surface area contributed by atoms with Crippen LogP contribution in [0.25, 0.3) is 0 Å². The van der Waals surface area contributed by atoms with Gasteiger partial charge in [-0.2, -0.15) is 0 Å². The van der Waals surface area contributed by atoms with E-state index in [-0.39, 0.29) is 11.8 Å². The Labute approximate surface area is 153 Å². The van der Waals surface area contributed by atoms with Crippen molar-refractivity contribution in [1.82, 2.24) is 9.88 Å². The van der Waals surface area contributed by atoms with E-state index in [4.69, 9.17) is 0 Å². The molecule has 2 heterocycles. The molecule has 0 aliphatic carbocycles. The third-order valence-corrected chi connectivity index (χ3v) is 5.56. The van der Waals surface area contributed by atoms with Crippen LogP contribution in [0, 0.1) is 0 Å². The van der Waals surface area contributed by atoms with Crippen LogP contribution in [-0.2, 0) is 23.1 Å². The molecule has 0 spiro atoms. The van der Waals surface area contributed by atoms with Crippen molar-refractivity contribution in [3.8, 4) is 0 Å². The summed E-state index contributed by atoms with van der Waals surface area (Å²) in [7, 11) is -3.33. The molecule has 7 nitrogen and oxygen atoms in total. The van der Waals surface area contributed by atoms with Crippen molar-refractivity contribution in [3.05, 3.63) is 53.9 Å². The predicted molar refractivity (Wildman–Crippen MR) is 101 cm³/mol. The average molecular weight is 374 g/mol. The van der Waals surface area contributed by atoms with E-state index in [0.29, 0.717) is 30.9 Å². The van der Waals surface area contributed by atoms with Crippen molar-refractivity contribution in [2.24, 2.45) is 0 Å². The Kier molecular flexibility index (Phi) is 5.41. The molecule has 0 saturated carbocycles. The third-order valence-electron chi connectivity index (χ3n) is 4.19. The van der Waals surface area contributed by atoms with Gasteiger partial charge in [0.2, 0.25) is 10.0 Å². The van der Waals surface area contributed by atoms with Crippen LogP contribution < -0.4 is 10.0 Å². The number of benzene rings is 1. The van der Waals surface area contributed by atoms with Crippen LogP contribution in [0.1, 0.15) is 30.9 Å². The number of unbranched alkanes of at least 4 members (excludes halogenated alkanes) is 1. The molecule has 0 unspecified atom stereocenters. The summed E-state index contributed by atoms with van der Waals surface area (Å²) < 4.78 is 26.4. The Balaban J connectivity index is 1.57. The van der Waals surface area contributed by atoms with Crippen LogP contribution >= 0.6 is 0 Å². The normalized spacial score (nSPS) is 13.3. The lowest BCUT2D eigenvalue weighted by Gasteiger charge is -2.16. The SMILES string of the molecule is CCCCS(=O)(=O)Nc1ccc(NC(=O)N2Cc3ccncc3C2)cc1. The maximum absolute atomic E-state index is 12.4. The van der Waals surface area contributed by atoms with Crippen LogP contribution in [0.5, 0.6) is 0 Å². The van der Waals surface area contributed by atoms with Crippen molar-refractivity contribution < 1.29 is 13.2 Å². The second-order valence-corrected chi connectivity index (χ2v) is 8.12. The molecule has 2 amide bonds. The summed E-state index contributed by atoms with van der Waals surface area (Å²) in [6.07, 6.45) is 4.95. The highest BCUT2D eigenvalue weighted by Gasteiger charge is 2.23. The summed E-state index contributed by atoms with van der Waals surface area (Å²) in [6, 6.07) is 8.36. The zero-order chi connectivity index (χ0) is 18.6. The number of nitrogens with zero attached hydrogens (tertiary/aromatic N) is 2. The molecule has 26 heavy (non-hydrogen) atoms. The molecule has 3 rings (SSSR count). The summed E-state index contributed by atoms with van der Waals surface area (Å²) in [6.45, 7) is 3.03. The Bertz CT molecular complexity index is 857. The minimum absolute atomic E-state index is 0.104. The number of carbonyl (C=O) groups excluding carboxylic acids is 1. The van der Waals surface area contributed by atoms with E-state index in [0.717, 1.165) is 17.5 Å². The predicted octanol–water partition coefficient (Wildman–Crippen LogP) is 3.17. The fourth-order valence-electron chi connectivity index (χ4n) is 2.75. The highest BCUT2D eigenvalue weighted by atomic mass is 32.2. The minimum Gasteiger partial charge on any atom is -0.316 e. The summed E-state index contributed by atoms with van der Waals surface area (Å²) >= 11 is 0. The number of amides is 2. The molecular weight excluding hydrogens is 352 g/mol. The molecule has 0 fully saturated rings. The number of nitrogens with one attached hydrogen (secondary N) is 2. The number of pyridine rings is 1. The first-order valence-electron chi connectivity index (χ1n) is 8.55. The van der Waals surface area contributed by atoms with Gasteiger partial charge in [0.1, 0.15) is 0 Å². The first-order valence-corrected chi connectivity index (χ1v) is 10.2. The number of aromatic nitrogens is 1. The maximum Gasteiger partial charge on any atom is 0.322 e. The van der Waals surface area contributed by atoms with E-state index in [1.165, 1.54) is 0 Å². The van der Waals surface area contributed by atoms with Crippen LogP contribution in [-0.4, -0.2) is 30.1 Å². The lowest BCUT2D eigenvalue weighted by Crippen LogP contribution is -2.30. The van der Waals surface area contributed by atoms with Gasteiger partial charge in [-0.15, -0.1) is 0 Å². The van der Waals surface area contributed by atoms with Gasteiger partial charge in [0.05, 0.1) is 5.75 Å². The molecule has 1 aromatic heterocycles. The van der Waals surface area contributed by atoms with Gasteiger partial charge in [0.25, 0.3) is 0 Å². The largest absolute Gasteiger partial charge is 0.322 e. The molecular formula is C18H22N4O3S. The molecule has 1 aliphatic heterocycles. The van der Waals surface area contributed by atoms with Gasteiger partial charge in [0, 0.05) is 36.9 Å². The van der Waals surface area contributed by atoms with E-state index in [1.807, 2.05) is 13.0 Å². The van der Waals surface area contributed by atoms with Crippen molar-refractivity contribution >= 4 is 27.4 Å². The smallest absolute Gasteiger partial charge is 0.316 e. The van der Waals surface area contributed by atoms with Gasteiger partial charge in [-0.1, -0.05) is 13.3 Å². The summed E-state index contributed by atoms with van der Waals surface area (Å²) in [4.78, 5) is 18.2. The lowest BCUT2D eigenvalue weighted by molar-refractivity contribution is 0.212. The number of hydrogen-bond acceptors (Lipinski definition) is 4. The molecule has 0 bridgehead atoms. The van der Waals surface area contributed by atoms with E-state index in [1.54, 1.807) is 41.6 Å². The molecule has 0 saturated heterocycles. The molecule has 2 aromatic rings. The molecule has 0 atom stereocenters. The van der Waals surface area contributed by atoms with Crippen LogP contribution in [0.15, 0.2) is 42.7 Å². The van der Waals surface area contributed by atoms with Gasteiger partial charge in [-0.25, -0.2) is 13.2 Å². The van der Waals surface area contributed by atoms with Crippen LogP contribution in [0.3, 0.4) is 0 Å². The maximum atomic E-state index is 12.4. The molecule has 2 N–H and O–H groups in total. The first kappa shape index (κ1) is 18.2. The van der Waals surface area contributed by atoms with Crippen molar-refractivity contribution in [2.45, 2.75) is 32.9 Å². The molecule has 138 valence electrons. The number of fused-ring (bicyclic) bond motifs is 1. The molecule has 1 aliphatic rings. The number of anilines is 2. The zero-order valence-electron chi connectivity index (χ0n) is 14.6. The van der Waals surface area contributed by atoms with E-state index < -0.39 is 10.0 Å². The molecule has 0 radical (unpaired) electrons.